The number of alkyl halides is 3. The summed E-state index contributed by atoms with van der Waals surface area (Å²) in [6.45, 7) is 1.87. The van der Waals surface area contributed by atoms with Crippen molar-refractivity contribution in [2.24, 2.45) is 0 Å². The number of methoxy groups -OCH3 is 1. The van der Waals surface area contributed by atoms with Gasteiger partial charge in [0.25, 0.3) is 0 Å². The minimum atomic E-state index is -4.40. The molecule has 0 fully saturated rings. The number of pyridine rings is 1. The number of anilines is 2. The highest BCUT2D eigenvalue weighted by molar-refractivity contribution is 6.31. The van der Waals surface area contributed by atoms with Gasteiger partial charge in [0, 0.05) is 24.7 Å². The van der Waals surface area contributed by atoms with E-state index >= 15 is 0 Å². The Bertz CT molecular complexity index is 1090. The van der Waals surface area contributed by atoms with Gasteiger partial charge in [-0.1, -0.05) is 29.8 Å². The number of nitrogens with zero attached hydrogens (tertiary/aromatic N) is 2. The molecule has 3 aromatic rings. The predicted octanol–water partition coefficient (Wildman–Crippen LogP) is 6.33. The summed E-state index contributed by atoms with van der Waals surface area (Å²) in [5.74, 6) is 1.60. The molecule has 0 saturated carbocycles. The molecule has 1 aliphatic rings. The quantitative estimate of drug-likeness (QED) is 0.465. The molecule has 8 heteroatoms. The second kappa shape index (κ2) is 9.28. The van der Waals surface area contributed by atoms with Gasteiger partial charge in [-0.25, -0.2) is 4.98 Å². The van der Waals surface area contributed by atoms with E-state index in [1.165, 1.54) is 6.07 Å². The van der Waals surface area contributed by atoms with Crippen molar-refractivity contribution in [1.82, 2.24) is 4.98 Å². The molecular weight excluding hydrogens is 439 g/mol. The van der Waals surface area contributed by atoms with Gasteiger partial charge in [-0.2, -0.15) is 13.2 Å². The van der Waals surface area contributed by atoms with Crippen LogP contribution in [0.25, 0.3) is 0 Å². The molecule has 0 spiro atoms. The number of hydrogen-bond donors (Lipinski definition) is 1. The maximum absolute atomic E-state index is 12.9. The molecule has 0 bridgehead atoms. The minimum absolute atomic E-state index is 0.123. The average molecular weight is 462 g/mol. The Morgan fingerprint density at radius 3 is 2.59 bits per heavy atom. The van der Waals surface area contributed by atoms with Crippen LogP contribution in [0.1, 0.15) is 28.7 Å². The number of benzene rings is 2. The third-order valence-corrected chi connectivity index (χ3v) is 5.91. The summed E-state index contributed by atoms with van der Waals surface area (Å²) in [7, 11) is 1.64. The van der Waals surface area contributed by atoms with Gasteiger partial charge in [-0.3, -0.25) is 0 Å². The molecule has 1 N–H and O–H groups in total. The van der Waals surface area contributed by atoms with Crippen molar-refractivity contribution in [1.29, 1.82) is 0 Å². The van der Waals surface area contributed by atoms with Crippen molar-refractivity contribution in [2.75, 3.05) is 23.9 Å². The summed E-state index contributed by atoms with van der Waals surface area (Å²) < 4.78 is 43.9. The van der Waals surface area contributed by atoms with Crippen LogP contribution >= 0.6 is 11.6 Å². The van der Waals surface area contributed by atoms with Gasteiger partial charge in [0.15, 0.2) is 0 Å². The lowest BCUT2D eigenvalue weighted by molar-refractivity contribution is -0.137. The molecular formula is C24H23ClF3N3O. The fraction of sp³-hybridized carbons (Fsp3) is 0.292. The summed E-state index contributed by atoms with van der Waals surface area (Å²) in [5, 5.41) is 3.47. The van der Waals surface area contributed by atoms with E-state index in [0.29, 0.717) is 18.7 Å². The van der Waals surface area contributed by atoms with Gasteiger partial charge in [0.05, 0.1) is 24.6 Å². The van der Waals surface area contributed by atoms with Crippen LogP contribution in [-0.2, 0) is 25.7 Å². The Morgan fingerprint density at radius 2 is 1.91 bits per heavy atom. The smallest absolute Gasteiger partial charge is 0.416 e. The van der Waals surface area contributed by atoms with Gasteiger partial charge < -0.3 is 15.0 Å². The summed E-state index contributed by atoms with van der Waals surface area (Å²) in [4.78, 5) is 6.66. The Labute approximate surface area is 190 Å². The summed E-state index contributed by atoms with van der Waals surface area (Å²) in [6.07, 6.45) is -0.707. The van der Waals surface area contributed by atoms with Crippen molar-refractivity contribution in [3.63, 3.8) is 0 Å². The zero-order chi connectivity index (χ0) is 22.7. The van der Waals surface area contributed by atoms with Crippen LogP contribution in [0, 0.1) is 0 Å². The topological polar surface area (TPSA) is 37.4 Å². The summed E-state index contributed by atoms with van der Waals surface area (Å²) >= 11 is 6.17. The first kappa shape index (κ1) is 22.3. The second-order valence-corrected chi connectivity index (χ2v) is 8.14. The lowest BCUT2D eigenvalue weighted by atomic mass is 10.0. The molecule has 168 valence electrons. The van der Waals surface area contributed by atoms with Gasteiger partial charge in [0.2, 0.25) is 0 Å². The van der Waals surface area contributed by atoms with Crippen LogP contribution in [0.5, 0.6) is 5.75 Å². The molecule has 2 aromatic carbocycles. The zero-order valence-corrected chi connectivity index (χ0v) is 18.3. The fourth-order valence-corrected chi connectivity index (χ4v) is 4.05. The fourth-order valence-electron chi connectivity index (χ4n) is 3.81. The first-order valence-corrected chi connectivity index (χ1v) is 10.7. The third-order valence-electron chi connectivity index (χ3n) is 5.55. The Hall–Kier alpha value is -2.93. The van der Waals surface area contributed by atoms with Crippen molar-refractivity contribution in [2.45, 2.75) is 32.1 Å². The number of rotatable bonds is 6. The number of halogens is 4. The number of aromatic nitrogens is 1. The van der Waals surface area contributed by atoms with Gasteiger partial charge in [0.1, 0.15) is 11.6 Å². The highest BCUT2D eigenvalue weighted by Crippen LogP contribution is 2.34. The molecule has 4 rings (SSSR count). The molecule has 0 atom stereocenters. The SMILES string of the molecule is COc1ccc(CNc2cc3c(cn2)N(Cc2ccc(C(F)(F)F)cc2Cl)CCC3)cc1. The standard InChI is InChI=1S/C24H23ClF3N3O/c1-32-20-8-4-16(5-9-20)13-29-23-11-17-3-2-10-31(22(17)14-30-23)15-18-6-7-19(12-21(18)25)24(26,27)28/h4-9,11-12,14H,2-3,10,13,15H2,1H3,(H,29,30). The minimum Gasteiger partial charge on any atom is -0.497 e. The normalized spacial score (nSPS) is 13.6. The van der Waals surface area contributed by atoms with Crippen molar-refractivity contribution >= 4 is 23.1 Å². The molecule has 0 radical (unpaired) electrons. The van der Waals surface area contributed by atoms with E-state index in [4.69, 9.17) is 16.3 Å². The van der Waals surface area contributed by atoms with E-state index in [-0.39, 0.29) is 5.02 Å². The first-order chi connectivity index (χ1) is 15.3. The van der Waals surface area contributed by atoms with Crippen molar-refractivity contribution in [3.05, 3.63) is 82.0 Å². The van der Waals surface area contributed by atoms with Gasteiger partial charge in [-0.05, 0) is 59.9 Å². The van der Waals surface area contributed by atoms with Crippen LogP contribution in [-0.4, -0.2) is 18.6 Å². The van der Waals surface area contributed by atoms with E-state index in [0.717, 1.165) is 59.9 Å². The summed E-state index contributed by atoms with van der Waals surface area (Å²) in [6, 6.07) is 13.4. The first-order valence-electron chi connectivity index (χ1n) is 10.3. The highest BCUT2D eigenvalue weighted by Gasteiger charge is 2.31. The van der Waals surface area contributed by atoms with Crippen LogP contribution in [0.4, 0.5) is 24.7 Å². The summed E-state index contributed by atoms with van der Waals surface area (Å²) in [5.41, 5.74) is 3.19. The van der Waals surface area contributed by atoms with E-state index in [1.54, 1.807) is 7.11 Å². The van der Waals surface area contributed by atoms with Crippen LogP contribution in [0.2, 0.25) is 5.02 Å². The molecule has 4 nitrogen and oxygen atoms in total. The van der Waals surface area contributed by atoms with Gasteiger partial charge in [-0.15, -0.1) is 0 Å². The van der Waals surface area contributed by atoms with Crippen molar-refractivity contribution < 1.29 is 17.9 Å². The van der Waals surface area contributed by atoms with Gasteiger partial charge >= 0.3 is 6.18 Å². The molecule has 0 saturated heterocycles. The Balaban J connectivity index is 1.46. The third kappa shape index (κ3) is 5.10. The highest BCUT2D eigenvalue weighted by atomic mass is 35.5. The van der Waals surface area contributed by atoms with Crippen molar-refractivity contribution in [3.8, 4) is 5.75 Å². The Morgan fingerprint density at radius 1 is 1.12 bits per heavy atom. The van der Waals surface area contributed by atoms with Crippen LogP contribution < -0.4 is 15.0 Å². The van der Waals surface area contributed by atoms with E-state index in [9.17, 15) is 13.2 Å². The molecule has 0 unspecified atom stereocenters. The van der Waals surface area contributed by atoms with E-state index in [1.807, 2.05) is 36.5 Å². The predicted molar refractivity (Wildman–Crippen MR) is 120 cm³/mol. The van der Waals surface area contributed by atoms with E-state index < -0.39 is 11.7 Å². The Kier molecular flexibility index (Phi) is 6.46. The number of aryl methyl sites for hydroxylation is 1. The lowest BCUT2D eigenvalue weighted by Crippen LogP contribution is -2.29. The van der Waals surface area contributed by atoms with Crippen LogP contribution in [0.3, 0.4) is 0 Å². The largest absolute Gasteiger partial charge is 0.497 e. The monoisotopic (exact) mass is 461 g/mol. The molecule has 2 heterocycles. The maximum atomic E-state index is 12.9. The molecule has 32 heavy (non-hydrogen) atoms. The molecule has 0 amide bonds. The van der Waals surface area contributed by atoms with E-state index in [2.05, 4.69) is 15.2 Å². The molecule has 1 aromatic heterocycles. The zero-order valence-electron chi connectivity index (χ0n) is 17.5. The number of fused-ring (bicyclic) bond motifs is 1. The number of hydrogen-bond acceptors (Lipinski definition) is 4. The molecule has 0 aliphatic carbocycles. The number of nitrogens with one attached hydrogen (secondary N) is 1. The second-order valence-electron chi connectivity index (χ2n) is 7.73. The number of ether oxygens (including phenoxy) is 1. The average Bonchev–Trinajstić information content (AvgIpc) is 2.78. The molecule has 1 aliphatic heterocycles. The van der Waals surface area contributed by atoms with Crippen LogP contribution in [0.15, 0.2) is 54.7 Å². The maximum Gasteiger partial charge on any atom is 0.416 e. The lowest BCUT2D eigenvalue weighted by Gasteiger charge is -2.31.